The minimum atomic E-state index is -0.246. The molecular formula is C20H22N6O2. The zero-order valence-electron chi connectivity index (χ0n) is 15.8. The van der Waals surface area contributed by atoms with Gasteiger partial charge in [-0.15, -0.1) is 0 Å². The molecule has 0 aromatic carbocycles. The molecule has 2 atom stereocenters. The highest BCUT2D eigenvalue weighted by Crippen LogP contribution is 2.20. The van der Waals surface area contributed by atoms with E-state index in [1.54, 1.807) is 53.7 Å². The summed E-state index contributed by atoms with van der Waals surface area (Å²) in [5.74, 6) is 1.16. The fourth-order valence-electron chi connectivity index (χ4n) is 3.34. The van der Waals surface area contributed by atoms with Gasteiger partial charge in [0.1, 0.15) is 5.82 Å². The summed E-state index contributed by atoms with van der Waals surface area (Å²) >= 11 is 0. The number of carbonyl (C=O) groups is 1. The van der Waals surface area contributed by atoms with Crippen LogP contribution in [0, 0.1) is 0 Å². The maximum absolute atomic E-state index is 12.7. The van der Waals surface area contributed by atoms with Gasteiger partial charge in [-0.3, -0.25) is 4.79 Å². The summed E-state index contributed by atoms with van der Waals surface area (Å²) < 4.78 is 7.37. The number of nitrogens with one attached hydrogen (secondary N) is 1. The lowest BCUT2D eigenvalue weighted by molar-refractivity contribution is -0.00546. The molecule has 1 N–H and O–H groups in total. The Bertz CT molecular complexity index is 932. The molecule has 1 aliphatic heterocycles. The molecule has 2 unspecified atom stereocenters. The highest BCUT2D eigenvalue weighted by molar-refractivity contribution is 6.05. The van der Waals surface area contributed by atoms with Crippen molar-refractivity contribution in [3.63, 3.8) is 0 Å². The Balaban J connectivity index is 1.49. The van der Waals surface area contributed by atoms with Gasteiger partial charge in [0, 0.05) is 37.9 Å². The first-order chi connectivity index (χ1) is 13.6. The van der Waals surface area contributed by atoms with Crippen LogP contribution in [-0.2, 0) is 4.74 Å². The number of pyridine rings is 2. The van der Waals surface area contributed by atoms with Gasteiger partial charge < -0.3 is 15.0 Å². The third-order valence-corrected chi connectivity index (χ3v) is 4.51. The molecule has 8 nitrogen and oxygen atoms in total. The number of morpholine rings is 1. The minimum Gasteiger partial charge on any atom is -0.372 e. The fraction of sp³-hybridized carbons (Fsp3) is 0.300. The summed E-state index contributed by atoms with van der Waals surface area (Å²) in [6, 6.07) is 9.02. The van der Waals surface area contributed by atoms with Crippen LogP contribution in [0.2, 0.25) is 0 Å². The van der Waals surface area contributed by atoms with E-state index in [9.17, 15) is 4.79 Å². The molecule has 1 amide bonds. The number of carbonyl (C=O) groups excluding carboxylic acids is 1. The molecule has 0 saturated carbocycles. The molecule has 0 spiro atoms. The topological polar surface area (TPSA) is 85.2 Å². The Hall–Kier alpha value is -3.26. The van der Waals surface area contributed by atoms with Crippen molar-refractivity contribution in [1.82, 2.24) is 19.7 Å². The van der Waals surface area contributed by atoms with Crippen LogP contribution in [0.1, 0.15) is 24.2 Å². The Morgan fingerprint density at radius 1 is 1.11 bits per heavy atom. The zero-order valence-corrected chi connectivity index (χ0v) is 15.8. The first kappa shape index (κ1) is 18.1. The van der Waals surface area contributed by atoms with E-state index in [1.165, 1.54) is 0 Å². The Morgan fingerprint density at radius 3 is 2.61 bits per heavy atom. The van der Waals surface area contributed by atoms with Gasteiger partial charge in [-0.1, -0.05) is 0 Å². The lowest BCUT2D eigenvalue weighted by Crippen LogP contribution is -2.45. The highest BCUT2D eigenvalue weighted by Gasteiger charge is 2.23. The molecule has 4 heterocycles. The molecule has 144 valence electrons. The molecular weight excluding hydrogens is 356 g/mol. The number of hydrogen-bond donors (Lipinski definition) is 1. The molecule has 4 rings (SSSR count). The van der Waals surface area contributed by atoms with E-state index in [1.807, 2.05) is 6.07 Å². The second-order valence-corrected chi connectivity index (χ2v) is 6.85. The predicted molar refractivity (Wildman–Crippen MR) is 106 cm³/mol. The van der Waals surface area contributed by atoms with Gasteiger partial charge in [0.2, 0.25) is 0 Å². The van der Waals surface area contributed by atoms with Crippen molar-refractivity contribution in [3.8, 4) is 5.82 Å². The number of hydrogen-bond acceptors (Lipinski definition) is 6. The van der Waals surface area contributed by atoms with Crippen LogP contribution in [0.5, 0.6) is 0 Å². The van der Waals surface area contributed by atoms with Crippen LogP contribution < -0.4 is 10.2 Å². The molecule has 0 aliphatic carbocycles. The number of aromatic nitrogens is 4. The van der Waals surface area contributed by atoms with E-state index in [2.05, 4.69) is 39.1 Å². The lowest BCUT2D eigenvalue weighted by atomic mass is 10.2. The largest absolute Gasteiger partial charge is 0.372 e. The third kappa shape index (κ3) is 3.86. The average molecular weight is 378 g/mol. The molecule has 8 heteroatoms. The average Bonchev–Trinajstić information content (AvgIpc) is 3.22. The van der Waals surface area contributed by atoms with Crippen molar-refractivity contribution in [2.45, 2.75) is 26.1 Å². The molecule has 3 aromatic heterocycles. The standard InChI is InChI=1S/C20H22N6O2/c1-14-12-25(13-15(2)28-14)18-7-6-16(11-22-18)20(27)24-17-5-3-8-21-19(17)26-10-4-9-23-26/h3-11,14-15H,12-13H2,1-2H3,(H,24,27). The van der Waals surface area contributed by atoms with E-state index in [0.29, 0.717) is 17.1 Å². The Labute approximate surface area is 163 Å². The molecule has 1 fully saturated rings. The van der Waals surface area contributed by atoms with Gasteiger partial charge in [0.05, 0.1) is 23.5 Å². The van der Waals surface area contributed by atoms with E-state index in [4.69, 9.17) is 4.74 Å². The summed E-state index contributed by atoms with van der Waals surface area (Å²) in [4.78, 5) is 23.7. The summed E-state index contributed by atoms with van der Waals surface area (Å²) in [6.07, 6.45) is 7.00. The van der Waals surface area contributed by atoms with Crippen LogP contribution in [0.15, 0.2) is 55.1 Å². The van der Waals surface area contributed by atoms with Gasteiger partial charge in [-0.25, -0.2) is 14.6 Å². The minimum absolute atomic E-state index is 0.153. The number of nitrogens with zero attached hydrogens (tertiary/aromatic N) is 5. The predicted octanol–water partition coefficient (Wildman–Crippen LogP) is 2.53. The van der Waals surface area contributed by atoms with E-state index < -0.39 is 0 Å². The van der Waals surface area contributed by atoms with Crippen molar-refractivity contribution in [1.29, 1.82) is 0 Å². The second-order valence-electron chi connectivity index (χ2n) is 6.85. The number of amides is 1. The van der Waals surface area contributed by atoms with Gasteiger partial charge >= 0.3 is 0 Å². The van der Waals surface area contributed by atoms with Crippen LogP contribution >= 0.6 is 0 Å². The normalized spacial score (nSPS) is 19.4. The molecule has 1 aliphatic rings. The van der Waals surface area contributed by atoms with Crippen LogP contribution in [0.4, 0.5) is 11.5 Å². The van der Waals surface area contributed by atoms with Crippen molar-refractivity contribution < 1.29 is 9.53 Å². The van der Waals surface area contributed by atoms with Crippen LogP contribution in [-0.4, -0.2) is 51.0 Å². The molecule has 28 heavy (non-hydrogen) atoms. The summed E-state index contributed by atoms with van der Waals surface area (Å²) in [5, 5.41) is 7.07. The van der Waals surface area contributed by atoms with Gasteiger partial charge in [-0.05, 0) is 44.2 Å². The first-order valence-electron chi connectivity index (χ1n) is 9.23. The van der Waals surface area contributed by atoms with Crippen molar-refractivity contribution in [2.75, 3.05) is 23.3 Å². The molecule has 0 radical (unpaired) electrons. The first-order valence-corrected chi connectivity index (χ1v) is 9.23. The van der Waals surface area contributed by atoms with Gasteiger partial charge in [0.15, 0.2) is 5.82 Å². The zero-order chi connectivity index (χ0) is 19.5. The molecule has 0 bridgehead atoms. The van der Waals surface area contributed by atoms with Crippen LogP contribution in [0.25, 0.3) is 5.82 Å². The van der Waals surface area contributed by atoms with E-state index >= 15 is 0 Å². The summed E-state index contributed by atoms with van der Waals surface area (Å²) in [7, 11) is 0. The SMILES string of the molecule is CC1CN(c2ccc(C(=O)Nc3cccnc3-n3cccn3)cn2)CC(C)O1. The summed E-state index contributed by atoms with van der Waals surface area (Å²) in [6.45, 7) is 5.67. The maximum atomic E-state index is 12.7. The van der Waals surface area contributed by atoms with Crippen LogP contribution in [0.3, 0.4) is 0 Å². The Kier molecular flexibility index (Phi) is 5.03. The van der Waals surface area contributed by atoms with E-state index in [0.717, 1.165) is 18.9 Å². The van der Waals surface area contributed by atoms with Gasteiger partial charge in [-0.2, -0.15) is 5.10 Å². The van der Waals surface area contributed by atoms with Crippen molar-refractivity contribution in [3.05, 3.63) is 60.7 Å². The number of rotatable bonds is 4. The van der Waals surface area contributed by atoms with E-state index in [-0.39, 0.29) is 18.1 Å². The van der Waals surface area contributed by atoms with Gasteiger partial charge in [0.25, 0.3) is 5.91 Å². The van der Waals surface area contributed by atoms with Crippen molar-refractivity contribution >= 4 is 17.4 Å². The number of ether oxygens (including phenoxy) is 1. The summed E-state index contributed by atoms with van der Waals surface area (Å²) in [5.41, 5.74) is 1.06. The fourth-order valence-corrected chi connectivity index (χ4v) is 3.34. The number of anilines is 2. The quantitative estimate of drug-likeness (QED) is 0.751. The Morgan fingerprint density at radius 2 is 1.93 bits per heavy atom. The molecule has 3 aromatic rings. The van der Waals surface area contributed by atoms with Crippen molar-refractivity contribution in [2.24, 2.45) is 0 Å². The molecule has 1 saturated heterocycles. The smallest absolute Gasteiger partial charge is 0.257 e. The maximum Gasteiger partial charge on any atom is 0.257 e. The third-order valence-electron chi connectivity index (χ3n) is 4.51. The monoisotopic (exact) mass is 378 g/mol. The lowest BCUT2D eigenvalue weighted by Gasteiger charge is -2.36. The highest BCUT2D eigenvalue weighted by atomic mass is 16.5. The second kappa shape index (κ2) is 7.77.